The lowest BCUT2D eigenvalue weighted by Gasteiger charge is -2.09. The van der Waals surface area contributed by atoms with E-state index in [1.54, 1.807) is 12.1 Å². The average molecular weight is 255 g/mol. The molecule has 4 heteroatoms. The minimum atomic E-state index is -0.260. The summed E-state index contributed by atoms with van der Waals surface area (Å²) in [6, 6.07) is 14.4. The molecule has 0 unspecified atom stereocenters. The molecule has 0 saturated carbocycles. The number of rotatable bonds is 3. The standard InChI is InChI=1S/C15H14FN3/c16-11-5-1-3-7-13(11)19-14-8-4-2-6-12(14)18-15(19)9-10-17/h1-8H,9-10,17H2. The number of nitrogens with zero attached hydrogens (tertiary/aromatic N) is 2. The molecule has 3 nitrogen and oxygen atoms in total. The van der Waals surface area contributed by atoms with Crippen molar-refractivity contribution in [2.24, 2.45) is 5.73 Å². The summed E-state index contributed by atoms with van der Waals surface area (Å²) >= 11 is 0. The highest BCUT2D eigenvalue weighted by Crippen LogP contribution is 2.23. The van der Waals surface area contributed by atoms with Gasteiger partial charge in [-0.2, -0.15) is 0 Å². The van der Waals surface area contributed by atoms with Gasteiger partial charge in [0.05, 0.1) is 16.7 Å². The largest absolute Gasteiger partial charge is 0.330 e. The third kappa shape index (κ3) is 2.00. The average Bonchev–Trinajstić information content (AvgIpc) is 2.78. The van der Waals surface area contributed by atoms with Crippen LogP contribution in [0.5, 0.6) is 0 Å². The van der Waals surface area contributed by atoms with Gasteiger partial charge in [-0.15, -0.1) is 0 Å². The second-order valence-electron chi connectivity index (χ2n) is 4.34. The Morgan fingerprint density at radius 1 is 1.05 bits per heavy atom. The number of hydrogen-bond acceptors (Lipinski definition) is 2. The van der Waals surface area contributed by atoms with Gasteiger partial charge in [0.15, 0.2) is 0 Å². The van der Waals surface area contributed by atoms with E-state index in [2.05, 4.69) is 4.98 Å². The minimum absolute atomic E-state index is 0.260. The van der Waals surface area contributed by atoms with Crippen molar-refractivity contribution in [1.29, 1.82) is 0 Å². The van der Waals surface area contributed by atoms with Crippen LogP contribution in [0.15, 0.2) is 48.5 Å². The quantitative estimate of drug-likeness (QED) is 0.782. The molecule has 0 radical (unpaired) electrons. The van der Waals surface area contributed by atoms with E-state index in [0.29, 0.717) is 18.7 Å². The van der Waals surface area contributed by atoms with Crippen LogP contribution in [-0.4, -0.2) is 16.1 Å². The lowest BCUT2D eigenvalue weighted by Crippen LogP contribution is -2.09. The van der Waals surface area contributed by atoms with Gasteiger partial charge in [0.25, 0.3) is 0 Å². The van der Waals surface area contributed by atoms with Crippen molar-refractivity contribution in [2.45, 2.75) is 6.42 Å². The van der Waals surface area contributed by atoms with Crippen LogP contribution < -0.4 is 5.73 Å². The molecule has 0 bridgehead atoms. The normalized spacial score (nSPS) is 11.1. The Morgan fingerprint density at radius 2 is 1.79 bits per heavy atom. The van der Waals surface area contributed by atoms with E-state index in [1.165, 1.54) is 6.07 Å². The highest BCUT2D eigenvalue weighted by Gasteiger charge is 2.13. The lowest BCUT2D eigenvalue weighted by atomic mass is 10.2. The van der Waals surface area contributed by atoms with Gasteiger partial charge in [0, 0.05) is 6.42 Å². The predicted molar refractivity (Wildman–Crippen MR) is 73.8 cm³/mol. The van der Waals surface area contributed by atoms with Gasteiger partial charge in [-0.1, -0.05) is 24.3 Å². The maximum Gasteiger partial charge on any atom is 0.147 e. The zero-order valence-electron chi connectivity index (χ0n) is 10.4. The highest BCUT2D eigenvalue weighted by atomic mass is 19.1. The van der Waals surface area contributed by atoms with Gasteiger partial charge in [-0.3, -0.25) is 4.57 Å². The second kappa shape index (κ2) is 4.82. The van der Waals surface area contributed by atoms with Crippen molar-refractivity contribution < 1.29 is 4.39 Å². The van der Waals surface area contributed by atoms with E-state index in [1.807, 2.05) is 34.9 Å². The van der Waals surface area contributed by atoms with Crippen molar-refractivity contribution in [3.8, 4) is 5.69 Å². The zero-order valence-corrected chi connectivity index (χ0v) is 10.4. The number of imidazole rings is 1. The lowest BCUT2D eigenvalue weighted by molar-refractivity contribution is 0.616. The van der Waals surface area contributed by atoms with Crippen molar-refractivity contribution in [1.82, 2.24) is 9.55 Å². The molecule has 0 spiro atoms. The molecule has 0 fully saturated rings. The van der Waals surface area contributed by atoms with E-state index >= 15 is 0 Å². The smallest absolute Gasteiger partial charge is 0.147 e. The summed E-state index contributed by atoms with van der Waals surface area (Å²) < 4.78 is 15.9. The molecule has 96 valence electrons. The first-order valence-electron chi connectivity index (χ1n) is 6.22. The van der Waals surface area contributed by atoms with E-state index < -0.39 is 0 Å². The Labute approximate surface area is 110 Å². The molecule has 3 aromatic rings. The molecular formula is C15H14FN3. The van der Waals surface area contributed by atoms with Crippen LogP contribution in [0, 0.1) is 5.82 Å². The fourth-order valence-electron chi connectivity index (χ4n) is 2.27. The summed E-state index contributed by atoms with van der Waals surface area (Å²) in [6.45, 7) is 0.484. The van der Waals surface area contributed by atoms with E-state index in [0.717, 1.165) is 16.9 Å². The second-order valence-corrected chi connectivity index (χ2v) is 4.34. The molecule has 0 saturated heterocycles. The predicted octanol–water partition coefficient (Wildman–Crippen LogP) is 2.67. The Morgan fingerprint density at radius 3 is 2.58 bits per heavy atom. The number of halogens is 1. The van der Waals surface area contributed by atoms with Gasteiger partial charge in [0.1, 0.15) is 11.6 Å². The van der Waals surface area contributed by atoms with Gasteiger partial charge in [-0.05, 0) is 30.8 Å². The summed E-state index contributed by atoms with van der Waals surface area (Å²) in [7, 11) is 0. The third-order valence-electron chi connectivity index (χ3n) is 3.09. The summed E-state index contributed by atoms with van der Waals surface area (Å²) in [5.74, 6) is 0.526. The van der Waals surface area contributed by atoms with E-state index in [-0.39, 0.29) is 5.82 Å². The number of hydrogen-bond donors (Lipinski definition) is 1. The van der Waals surface area contributed by atoms with Crippen LogP contribution in [-0.2, 0) is 6.42 Å². The molecule has 1 aromatic heterocycles. The summed E-state index contributed by atoms with van der Waals surface area (Å²) in [5, 5.41) is 0. The maximum absolute atomic E-state index is 14.0. The van der Waals surface area contributed by atoms with Crippen LogP contribution in [0.25, 0.3) is 16.7 Å². The topological polar surface area (TPSA) is 43.8 Å². The molecule has 19 heavy (non-hydrogen) atoms. The van der Waals surface area contributed by atoms with Crippen molar-refractivity contribution in [3.63, 3.8) is 0 Å². The molecule has 0 amide bonds. The SMILES string of the molecule is NCCc1nc2ccccc2n1-c1ccccc1F. The van der Waals surface area contributed by atoms with E-state index in [4.69, 9.17) is 5.73 Å². The molecule has 1 heterocycles. The first kappa shape index (κ1) is 11.9. The van der Waals surface area contributed by atoms with Crippen LogP contribution >= 0.6 is 0 Å². The Balaban J connectivity index is 2.31. The molecule has 2 aromatic carbocycles. The first-order valence-corrected chi connectivity index (χ1v) is 6.22. The van der Waals surface area contributed by atoms with Crippen molar-refractivity contribution in [2.75, 3.05) is 6.54 Å². The van der Waals surface area contributed by atoms with Crippen LogP contribution in [0.4, 0.5) is 4.39 Å². The van der Waals surface area contributed by atoms with Crippen LogP contribution in [0.2, 0.25) is 0 Å². The summed E-state index contributed by atoms with van der Waals surface area (Å²) in [6.07, 6.45) is 0.614. The number of benzene rings is 2. The fraction of sp³-hybridized carbons (Fsp3) is 0.133. The summed E-state index contributed by atoms with van der Waals surface area (Å²) in [4.78, 5) is 4.54. The van der Waals surface area contributed by atoms with E-state index in [9.17, 15) is 4.39 Å². The molecule has 2 N–H and O–H groups in total. The van der Waals surface area contributed by atoms with Gasteiger partial charge in [-0.25, -0.2) is 9.37 Å². The van der Waals surface area contributed by atoms with Gasteiger partial charge >= 0.3 is 0 Å². The van der Waals surface area contributed by atoms with Gasteiger partial charge in [0.2, 0.25) is 0 Å². The molecule has 3 rings (SSSR count). The highest BCUT2D eigenvalue weighted by molar-refractivity contribution is 5.78. The molecular weight excluding hydrogens is 241 g/mol. The first-order chi connectivity index (χ1) is 9.31. The molecule has 0 aliphatic heterocycles. The Hall–Kier alpha value is -2.20. The van der Waals surface area contributed by atoms with Gasteiger partial charge < -0.3 is 5.73 Å². The maximum atomic E-state index is 14.0. The van der Waals surface area contributed by atoms with Crippen LogP contribution in [0.1, 0.15) is 5.82 Å². The molecule has 0 aliphatic rings. The van der Waals surface area contributed by atoms with Crippen LogP contribution in [0.3, 0.4) is 0 Å². The van der Waals surface area contributed by atoms with Crippen molar-refractivity contribution in [3.05, 3.63) is 60.2 Å². The number of nitrogens with two attached hydrogens (primary N) is 1. The fourth-order valence-corrected chi connectivity index (χ4v) is 2.27. The Kier molecular flexibility index (Phi) is 3.01. The zero-order chi connectivity index (χ0) is 13.2. The minimum Gasteiger partial charge on any atom is -0.330 e. The van der Waals surface area contributed by atoms with Crippen molar-refractivity contribution >= 4 is 11.0 Å². The summed E-state index contributed by atoms with van der Waals surface area (Å²) in [5.41, 5.74) is 7.89. The number of para-hydroxylation sites is 3. The molecule has 0 aliphatic carbocycles. The Bertz CT molecular complexity index is 718. The number of fused-ring (bicyclic) bond motifs is 1. The third-order valence-corrected chi connectivity index (χ3v) is 3.09. The molecule has 0 atom stereocenters. The monoisotopic (exact) mass is 255 g/mol. The number of aromatic nitrogens is 2.